The van der Waals surface area contributed by atoms with Crippen LogP contribution in [0.25, 0.3) is 0 Å². The number of aryl methyl sites for hydroxylation is 1. The average Bonchev–Trinajstić information content (AvgIpc) is 2.24. The Bertz CT molecular complexity index is 519. The highest BCUT2D eigenvalue weighted by Crippen LogP contribution is 2.53. The molecule has 20 heavy (non-hydrogen) atoms. The van der Waals surface area contributed by atoms with E-state index in [2.05, 4.69) is 0 Å². The molecule has 1 aromatic carbocycles. The highest BCUT2D eigenvalue weighted by atomic mass is 35.5. The molecule has 0 heterocycles. The van der Waals surface area contributed by atoms with E-state index in [1.807, 2.05) is 0 Å². The van der Waals surface area contributed by atoms with Gasteiger partial charge >= 0.3 is 18.0 Å². The molecule has 0 aliphatic rings. The summed E-state index contributed by atoms with van der Waals surface area (Å²) in [7, 11) is 0. The summed E-state index contributed by atoms with van der Waals surface area (Å²) in [5.41, 5.74) is -8.16. The maximum atomic E-state index is 13.8. The molecule has 0 saturated carbocycles. The van der Waals surface area contributed by atoms with Gasteiger partial charge in [0.25, 0.3) is 5.24 Å². The van der Waals surface area contributed by atoms with Gasteiger partial charge in [0.05, 0.1) is 0 Å². The van der Waals surface area contributed by atoms with Crippen LogP contribution in [0.3, 0.4) is 0 Å². The van der Waals surface area contributed by atoms with Gasteiger partial charge in [-0.2, -0.15) is 26.3 Å². The number of carbonyl (C=O) groups excluding carboxylic acids is 1. The molecule has 0 atom stereocenters. The summed E-state index contributed by atoms with van der Waals surface area (Å²) in [5, 5.41) is -1.08. The molecule has 1 aromatic rings. The summed E-state index contributed by atoms with van der Waals surface area (Å²) < 4.78 is 89.0. The molecule has 0 amide bonds. The summed E-state index contributed by atoms with van der Waals surface area (Å²) in [6.45, 7) is 0.824. The fraction of sp³-hybridized carbons (Fsp3) is 0.364. The van der Waals surface area contributed by atoms with Crippen LogP contribution in [0.1, 0.15) is 21.5 Å². The molecule has 0 aliphatic carbocycles. The van der Waals surface area contributed by atoms with E-state index in [9.17, 15) is 35.5 Å². The van der Waals surface area contributed by atoms with E-state index in [1.165, 1.54) is 0 Å². The van der Waals surface area contributed by atoms with E-state index in [-0.39, 0.29) is 11.6 Å². The van der Waals surface area contributed by atoms with E-state index in [0.29, 0.717) is 12.1 Å². The predicted octanol–water partition coefficient (Wildman–Crippen LogP) is 4.66. The largest absolute Gasteiger partial charge is 0.435 e. The van der Waals surface area contributed by atoms with Gasteiger partial charge in [0.15, 0.2) is 0 Å². The molecule has 0 radical (unpaired) electrons. The number of rotatable bonds is 2. The SMILES string of the molecule is Cc1cc(C(=O)Cl)ccc1C(F)(C(F)(F)F)C(F)(F)F. The molecule has 1 rings (SSSR count). The molecule has 112 valence electrons. The minimum atomic E-state index is -6.19. The average molecular weight is 323 g/mol. The van der Waals surface area contributed by atoms with Crippen molar-refractivity contribution in [1.29, 1.82) is 0 Å². The number of benzene rings is 1. The van der Waals surface area contributed by atoms with Gasteiger partial charge in [-0.1, -0.05) is 6.07 Å². The van der Waals surface area contributed by atoms with Gasteiger partial charge in [0, 0.05) is 11.1 Å². The second-order valence-electron chi connectivity index (χ2n) is 3.96. The van der Waals surface area contributed by atoms with Gasteiger partial charge in [0.2, 0.25) is 0 Å². The Balaban J connectivity index is 3.57. The fourth-order valence-electron chi connectivity index (χ4n) is 1.64. The van der Waals surface area contributed by atoms with Crippen molar-refractivity contribution >= 4 is 16.8 Å². The molecule has 0 bridgehead atoms. The minimum Gasteiger partial charge on any atom is -0.276 e. The maximum Gasteiger partial charge on any atom is 0.435 e. The lowest BCUT2D eigenvalue weighted by Gasteiger charge is -2.31. The van der Waals surface area contributed by atoms with Crippen molar-refractivity contribution in [2.45, 2.75) is 24.9 Å². The van der Waals surface area contributed by atoms with Gasteiger partial charge in [-0.05, 0) is 36.2 Å². The highest BCUT2D eigenvalue weighted by Gasteiger charge is 2.73. The van der Waals surface area contributed by atoms with E-state index < -0.39 is 34.4 Å². The first kappa shape index (κ1) is 16.7. The second kappa shape index (κ2) is 4.91. The molecule has 9 heteroatoms. The zero-order chi connectivity index (χ0) is 15.9. The van der Waals surface area contributed by atoms with Crippen LogP contribution < -0.4 is 0 Å². The van der Waals surface area contributed by atoms with Crippen LogP contribution >= 0.6 is 11.6 Å². The Labute approximate surface area is 113 Å². The number of alkyl halides is 7. The van der Waals surface area contributed by atoms with Crippen LogP contribution in [0.5, 0.6) is 0 Å². The van der Waals surface area contributed by atoms with Crippen molar-refractivity contribution in [1.82, 2.24) is 0 Å². The summed E-state index contributed by atoms with van der Waals surface area (Å²) in [4.78, 5) is 10.8. The number of hydrogen-bond acceptors (Lipinski definition) is 1. The minimum absolute atomic E-state index is 0.256. The normalized spacial score (nSPS) is 13.4. The van der Waals surface area contributed by atoms with Gasteiger partial charge in [-0.25, -0.2) is 4.39 Å². The Hall–Kier alpha value is -1.31. The number of hydrogen-bond donors (Lipinski definition) is 0. The van der Waals surface area contributed by atoms with E-state index in [1.54, 1.807) is 0 Å². The van der Waals surface area contributed by atoms with E-state index >= 15 is 0 Å². The van der Waals surface area contributed by atoms with Crippen LogP contribution in [0.2, 0.25) is 0 Å². The van der Waals surface area contributed by atoms with Crippen molar-refractivity contribution in [3.05, 3.63) is 34.9 Å². The molecule has 0 N–H and O–H groups in total. The van der Waals surface area contributed by atoms with Crippen molar-refractivity contribution in [2.24, 2.45) is 0 Å². The molecule has 0 aromatic heterocycles. The van der Waals surface area contributed by atoms with Crippen molar-refractivity contribution in [3.8, 4) is 0 Å². The van der Waals surface area contributed by atoms with Crippen molar-refractivity contribution < 1.29 is 35.5 Å². The first-order valence-corrected chi connectivity index (χ1v) is 5.33. The van der Waals surface area contributed by atoms with Crippen LogP contribution in [0.15, 0.2) is 18.2 Å². The van der Waals surface area contributed by atoms with Crippen molar-refractivity contribution in [3.63, 3.8) is 0 Å². The monoisotopic (exact) mass is 322 g/mol. The third kappa shape index (κ3) is 2.61. The molecule has 0 saturated heterocycles. The molecule has 0 fully saturated rings. The summed E-state index contributed by atoms with van der Waals surface area (Å²) >= 11 is 5.04. The topological polar surface area (TPSA) is 17.1 Å². The lowest BCUT2D eigenvalue weighted by Crippen LogP contribution is -2.50. The standard InChI is InChI=1S/C11H6ClF7O/c1-5-4-6(8(12)20)2-3-7(5)9(13,10(14,15)16)11(17,18)19/h2-4H,1H3. The smallest absolute Gasteiger partial charge is 0.276 e. The molecule has 0 aliphatic heterocycles. The second-order valence-corrected chi connectivity index (χ2v) is 4.30. The van der Waals surface area contributed by atoms with Crippen LogP contribution in [-0.2, 0) is 5.67 Å². The first-order valence-electron chi connectivity index (χ1n) is 4.95. The Kier molecular flexibility index (Phi) is 4.11. The van der Waals surface area contributed by atoms with Crippen LogP contribution in [0, 0.1) is 6.92 Å². The molecule has 1 nitrogen and oxygen atoms in total. The summed E-state index contributed by atoms with van der Waals surface area (Å²) in [6.07, 6.45) is -12.4. The quantitative estimate of drug-likeness (QED) is 0.571. The predicted molar refractivity (Wildman–Crippen MR) is 56.3 cm³/mol. The molecular formula is C11H6ClF7O. The Morgan fingerprint density at radius 3 is 1.75 bits per heavy atom. The third-order valence-corrected chi connectivity index (χ3v) is 2.82. The molecule has 0 unspecified atom stereocenters. The van der Waals surface area contributed by atoms with Crippen LogP contribution in [-0.4, -0.2) is 17.6 Å². The third-order valence-electron chi connectivity index (χ3n) is 2.61. The number of halogens is 8. The van der Waals surface area contributed by atoms with E-state index in [0.717, 1.165) is 6.92 Å². The van der Waals surface area contributed by atoms with Gasteiger partial charge in [-0.3, -0.25) is 4.79 Å². The zero-order valence-electron chi connectivity index (χ0n) is 9.66. The Morgan fingerprint density at radius 1 is 1.00 bits per heavy atom. The Morgan fingerprint density at radius 2 is 1.45 bits per heavy atom. The van der Waals surface area contributed by atoms with E-state index in [4.69, 9.17) is 11.6 Å². The lowest BCUT2D eigenvalue weighted by atomic mass is 9.89. The van der Waals surface area contributed by atoms with Gasteiger partial charge in [0.1, 0.15) is 0 Å². The summed E-state index contributed by atoms with van der Waals surface area (Å²) in [5.74, 6) is 0. The summed E-state index contributed by atoms with van der Waals surface area (Å²) in [6, 6.07) is 1.52. The number of carbonyl (C=O) groups is 1. The zero-order valence-corrected chi connectivity index (χ0v) is 10.4. The first-order chi connectivity index (χ1) is 8.82. The maximum absolute atomic E-state index is 13.8. The molecular weight excluding hydrogens is 317 g/mol. The van der Waals surface area contributed by atoms with Crippen LogP contribution in [0.4, 0.5) is 30.7 Å². The van der Waals surface area contributed by atoms with Gasteiger partial charge < -0.3 is 0 Å². The van der Waals surface area contributed by atoms with Gasteiger partial charge in [-0.15, -0.1) is 0 Å². The lowest BCUT2D eigenvalue weighted by molar-refractivity contribution is -0.348. The molecule has 0 spiro atoms. The highest BCUT2D eigenvalue weighted by molar-refractivity contribution is 6.67. The fourth-order valence-corrected chi connectivity index (χ4v) is 1.76. The van der Waals surface area contributed by atoms with Crippen molar-refractivity contribution in [2.75, 3.05) is 0 Å².